The van der Waals surface area contributed by atoms with Crippen LogP contribution in [-0.2, 0) is 16.0 Å². The van der Waals surface area contributed by atoms with E-state index in [1.165, 1.54) is 0 Å². The Kier molecular flexibility index (Phi) is 5.99. The molecule has 1 N–H and O–H groups in total. The molecule has 1 aromatic rings. The van der Waals surface area contributed by atoms with Gasteiger partial charge in [0.25, 0.3) is 0 Å². The number of fused-ring (bicyclic) bond motifs is 1. The number of anilines is 1. The van der Waals surface area contributed by atoms with E-state index >= 15 is 0 Å². The molecule has 1 aromatic carbocycles. The summed E-state index contributed by atoms with van der Waals surface area (Å²) in [6, 6.07) is 7.54. The lowest BCUT2D eigenvalue weighted by molar-refractivity contribution is -0.126. The molecule has 0 aromatic heterocycles. The highest BCUT2D eigenvalue weighted by Crippen LogP contribution is 2.29. The minimum absolute atomic E-state index is 0.0407. The Balaban J connectivity index is 2.25. The van der Waals surface area contributed by atoms with Crippen LogP contribution >= 0.6 is 0 Å². The van der Waals surface area contributed by atoms with Crippen LogP contribution in [0.5, 0.6) is 0 Å². The molecule has 1 heterocycles. The number of carbonyl (C=O) groups excluding carboxylic acids is 2. The predicted molar refractivity (Wildman–Crippen MR) is 88.9 cm³/mol. The Hall–Kier alpha value is -1.84. The van der Waals surface area contributed by atoms with Crippen molar-refractivity contribution in [3.63, 3.8) is 0 Å². The number of hydrogen-bond acceptors (Lipinski definition) is 2. The maximum Gasteiger partial charge on any atom is 0.243 e. The molecule has 1 aliphatic heterocycles. The van der Waals surface area contributed by atoms with Gasteiger partial charge in [-0.1, -0.05) is 38.5 Å². The van der Waals surface area contributed by atoms with Crippen LogP contribution in [0.2, 0.25) is 0 Å². The number of hydrogen-bond donors (Lipinski definition) is 1. The molecule has 1 unspecified atom stereocenters. The molecule has 0 radical (unpaired) electrons. The highest BCUT2D eigenvalue weighted by atomic mass is 16.2. The molecule has 120 valence electrons. The van der Waals surface area contributed by atoms with Crippen molar-refractivity contribution in [2.24, 2.45) is 0 Å². The molecule has 2 rings (SSSR count). The summed E-state index contributed by atoms with van der Waals surface area (Å²) in [5, 5.41) is 2.97. The van der Waals surface area contributed by atoms with Gasteiger partial charge in [0.2, 0.25) is 11.8 Å². The van der Waals surface area contributed by atoms with Crippen molar-refractivity contribution in [2.45, 2.75) is 58.4 Å². The zero-order valence-electron chi connectivity index (χ0n) is 13.6. The van der Waals surface area contributed by atoms with Crippen LogP contribution in [0.25, 0.3) is 0 Å². The fourth-order valence-corrected chi connectivity index (χ4v) is 2.98. The number of benzene rings is 1. The topological polar surface area (TPSA) is 49.4 Å². The van der Waals surface area contributed by atoms with Gasteiger partial charge in [0.1, 0.15) is 6.04 Å². The number of nitrogens with one attached hydrogen (secondary N) is 1. The average Bonchev–Trinajstić information content (AvgIpc) is 2.68. The van der Waals surface area contributed by atoms with Gasteiger partial charge >= 0.3 is 0 Å². The molecule has 4 nitrogen and oxygen atoms in total. The molecule has 0 aliphatic carbocycles. The van der Waals surface area contributed by atoms with Gasteiger partial charge < -0.3 is 5.32 Å². The van der Waals surface area contributed by atoms with Crippen LogP contribution < -0.4 is 10.2 Å². The van der Waals surface area contributed by atoms with E-state index in [1.54, 1.807) is 4.90 Å². The highest BCUT2D eigenvalue weighted by molar-refractivity contribution is 6.01. The molecular weight excluding hydrogens is 276 g/mol. The van der Waals surface area contributed by atoms with Gasteiger partial charge in [0.05, 0.1) is 0 Å². The minimum Gasteiger partial charge on any atom is -0.354 e. The van der Waals surface area contributed by atoms with Crippen molar-refractivity contribution in [3.8, 4) is 0 Å². The normalized spacial score (nSPS) is 15.9. The van der Waals surface area contributed by atoms with E-state index in [0.717, 1.165) is 36.9 Å². The quantitative estimate of drug-likeness (QED) is 0.821. The first-order chi connectivity index (χ1) is 10.7. The zero-order valence-corrected chi connectivity index (χ0v) is 13.6. The van der Waals surface area contributed by atoms with Gasteiger partial charge in [-0.15, -0.1) is 0 Å². The van der Waals surface area contributed by atoms with Crippen LogP contribution in [0.15, 0.2) is 24.3 Å². The van der Waals surface area contributed by atoms with Gasteiger partial charge in [-0.2, -0.15) is 0 Å². The smallest absolute Gasteiger partial charge is 0.243 e. The summed E-state index contributed by atoms with van der Waals surface area (Å²) in [5.41, 5.74) is 2.07. The first-order valence-corrected chi connectivity index (χ1v) is 8.36. The lowest BCUT2D eigenvalue weighted by Crippen LogP contribution is -2.49. The number of aryl methyl sites for hydroxylation is 1. The summed E-state index contributed by atoms with van der Waals surface area (Å²) in [6.45, 7) is 4.73. The molecule has 0 bridgehead atoms. The van der Waals surface area contributed by atoms with Gasteiger partial charge in [-0.05, 0) is 37.3 Å². The molecular formula is C18H26N2O2. The number of amides is 2. The third-order valence-corrected chi connectivity index (χ3v) is 4.19. The second-order valence-corrected chi connectivity index (χ2v) is 5.81. The van der Waals surface area contributed by atoms with E-state index in [2.05, 4.69) is 18.3 Å². The molecule has 0 saturated heterocycles. The van der Waals surface area contributed by atoms with Crippen molar-refractivity contribution in [1.82, 2.24) is 5.32 Å². The van der Waals surface area contributed by atoms with Gasteiger partial charge in [0, 0.05) is 18.7 Å². The third-order valence-electron chi connectivity index (χ3n) is 4.19. The second-order valence-electron chi connectivity index (χ2n) is 5.81. The number of unbranched alkanes of at least 4 members (excludes halogenated alkanes) is 1. The van der Waals surface area contributed by atoms with Crippen molar-refractivity contribution in [2.75, 3.05) is 11.4 Å². The molecule has 22 heavy (non-hydrogen) atoms. The largest absolute Gasteiger partial charge is 0.354 e. The van der Waals surface area contributed by atoms with Gasteiger partial charge in [-0.25, -0.2) is 0 Å². The Morgan fingerprint density at radius 1 is 1.27 bits per heavy atom. The molecule has 0 spiro atoms. The van der Waals surface area contributed by atoms with Crippen LogP contribution in [-0.4, -0.2) is 24.4 Å². The number of para-hydroxylation sites is 1. The zero-order chi connectivity index (χ0) is 15.9. The van der Waals surface area contributed by atoms with E-state index in [9.17, 15) is 9.59 Å². The molecule has 2 amide bonds. The van der Waals surface area contributed by atoms with Crippen molar-refractivity contribution in [1.29, 1.82) is 0 Å². The summed E-state index contributed by atoms with van der Waals surface area (Å²) in [5.74, 6) is 0.0171. The van der Waals surface area contributed by atoms with Crippen LogP contribution in [0.4, 0.5) is 5.69 Å². The summed E-state index contributed by atoms with van der Waals surface area (Å²) in [6.07, 6.45) is 4.88. The average molecular weight is 302 g/mol. The fraction of sp³-hybridized carbons (Fsp3) is 0.556. The molecule has 4 heteroatoms. The first kappa shape index (κ1) is 16.5. The summed E-state index contributed by atoms with van der Waals surface area (Å²) in [4.78, 5) is 26.8. The maximum atomic E-state index is 12.6. The maximum absolute atomic E-state index is 12.6. The van der Waals surface area contributed by atoms with E-state index < -0.39 is 6.04 Å². The van der Waals surface area contributed by atoms with Crippen LogP contribution in [0.1, 0.15) is 51.5 Å². The van der Waals surface area contributed by atoms with E-state index in [-0.39, 0.29) is 11.8 Å². The summed E-state index contributed by atoms with van der Waals surface area (Å²) in [7, 11) is 0. The minimum atomic E-state index is -0.413. The summed E-state index contributed by atoms with van der Waals surface area (Å²) < 4.78 is 0. The Morgan fingerprint density at radius 2 is 2.05 bits per heavy atom. The standard InChI is InChI=1S/C18H26N2O2/c1-3-5-13-19-18(22)15(4-2)20-16-11-7-6-9-14(16)10-8-12-17(20)21/h6-7,9,11,15H,3-5,8,10,12-13H2,1-2H3,(H,19,22). The lowest BCUT2D eigenvalue weighted by Gasteiger charge is -2.30. The predicted octanol–water partition coefficient (Wildman–Crippen LogP) is 3.05. The molecule has 1 aliphatic rings. The van der Waals surface area contributed by atoms with Gasteiger partial charge in [-0.3, -0.25) is 14.5 Å². The van der Waals surface area contributed by atoms with Gasteiger partial charge in [0.15, 0.2) is 0 Å². The van der Waals surface area contributed by atoms with Crippen molar-refractivity contribution in [3.05, 3.63) is 29.8 Å². The Bertz CT molecular complexity index is 528. The van der Waals surface area contributed by atoms with Crippen molar-refractivity contribution < 1.29 is 9.59 Å². The second kappa shape index (κ2) is 7.97. The number of nitrogens with zero attached hydrogens (tertiary/aromatic N) is 1. The Morgan fingerprint density at radius 3 is 2.77 bits per heavy atom. The molecule has 1 atom stereocenters. The Labute approximate surface area is 132 Å². The number of rotatable bonds is 6. The summed E-state index contributed by atoms with van der Waals surface area (Å²) >= 11 is 0. The first-order valence-electron chi connectivity index (χ1n) is 8.36. The van der Waals surface area contributed by atoms with E-state index in [4.69, 9.17) is 0 Å². The van der Waals surface area contributed by atoms with Crippen LogP contribution in [0.3, 0.4) is 0 Å². The third kappa shape index (κ3) is 3.67. The van der Waals surface area contributed by atoms with Crippen molar-refractivity contribution >= 4 is 17.5 Å². The van der Waals surface area contributed by atoms with Crippen LogP contribution in [0, 0.1) is 0 Å². The monoisotopic (exact) mass is 302 g/mol. The highest BCUT2D eigenvalue weighted by Gasteiger charge is 2.32. The fourth-order valence-electron chi connectivity index (χ4n) is 2.98. The van der Waals surface area contributed by atoms with E-state index in [0.29, 0.717) is 19.4 Å². The lowest BCUT2D eigenvalue weighted by atomic mass is 10.1. The number of carbonyl (C=O) groups is 2. The molecule has 0 saturated carbocycles. The SMILES string of the molecule is CCCCNC(=O)C(CC)N1C(=O)CCCc2ccccc21. The van der Waals surface area contributed by atoms with E-state index in [1.807, 2.05) is 25.1 Å². The molecule has 0 fully saturated rings.